The van der Waals surface area contributed by atoms with Crippen molar-refractivity contribution < 1.29 is 5.21 Å². The maximum atomic E-state index is 9.08. The number of nitrogens with zero attached hydrogens (tertiary/aromatic N) is 1. The first-order valence-corrected chi connectivity index (χ1v) is 6.10. The van der Waals surface area contributed by atoms with Gasteiger partial charge in [-0.05, 0) is 24.6 Å². The monoisotopic (exact) mass is 255 g/mol. The van der Waals surface area contributed by atoms with Crippen LogP contribution >= 0.6 is 0 Å². The molecule has 0 amide bonds. The summed E-state index contributed by atoms with van der Waals surface area (Å²) in [6, 6.07) is 17.7. The molecular weight excluding hydrogens is 238 g/mol. The van der Waals surface area contributed by atoms with Crippen LogP contribution in [0.2, 0.25) is 0 Å². The summed E-state index contributed by atoms with van der Waals surface area (Å²) < 4.78 is 0. The van der Waals surface area contributed by atoms with Gasteiger partial charge in [-0.2, -0.15) is 0 Å². The highest BCUT2D eigenvalue weighted by Gasteiger charge is 1.98. The second-order valence-corrected chi connectivity index (χ2v) is 4.25. The summed E-state index contributed by atoms with van der Waals surface area (Å²) in [7, 11) is 0. The quantitative estimate of drug-likeness (QED) is 0.449. The maximum absolute atomic E-state index is 9.08. The predicted molar refractivity (Wildman–Crippen MR) is 77.3 cm³/mol. The summed E-state index contributed by atoms with van der Waals surface area (Å²) >= 11 is 0. The first-order chi connectivity index (χ1) is 9.28. The van der Waals surface area contributed by atoms with Crippen LogP contribution in [-0.4, -0.2) is 11.2 Å². The Kier molecular flexibility index (Phi) is 4.53. The van der Waals surface area contributed by atoms with Crippen LogP contribution in [0.5, 0.6) is 0 Å². The number of rotatable bonds is 3. The van der Waals surface area contributed by atoms with Gasteiger partial charge >= 0.3 is 0 Å². The van der Waals surface area contributed by atoms with Crippen LogP contribution < -0.4 is 10.8 Å². The molecule has 2 aromatic rings. The van der Waals surface area contributed by atoms with E-state index in [0.29, 0.717) is 12.5 Å². The van der Waals surface area contributed by atoms with Crippen molar-refractivity contribution in [3.63, 3.8) is 0 Å². The van der Waals surface area contributed by atoms with Gasteiger partial charge in [0.15, 0.2) is 0 Å². The zero-order chi connectivity index (χ0) is 13.5. The molecule has 3 N–H and O–H groups in total. The van der Waals surface area contributed by atoms with E-state index >= 15 is 0 Å². The molecule has 0 saturated heterocycles. The van der Waals surface area contributed by atoms with E-state index in [0.717, 1.165) is 11.3 Å². The Labute approximate surface area is 112 Å². The molecule has 0 spiro atoms. The molecule has 0 aliphatic rings. The molecule has 0 heterocycles. The Morgan fingerprint density at radius 3 is 2.37 bits per heavy atom. The van der Waals surface area contributed by atoms with Crippen LogP contribution in [0.3, 0.4) is 0 Å². The molecule has 19 heavy (non-hydrogen) atoms. The zero-order valence-electron chi connectivity index (χ0n) is 10.8. The van der Waals surface area contributed by atoms with Crippen LogP contribution in [0.4, 0.5) is 5.69 Å². The van der Waals surface area contributed by atoms with Gasteiger partial charge in [0.25, 0.3) is 0 Å². The fourth-order valence-corrected chi connectivity index (χ4v) is 1.63. The van der Waals surface area contributed by atoms with Crippen molar-refractivity contribution in [3.05, 3.63) is 65.7 Å². The number of hydroxylamine groups is 1. The summed E-state index contributed by atoms with van der Waals surface area (Å²) in [5, 5.41) is 12.1. The van der Waals surface area contributed by atoms with E-state index in [1.807, 2.05) is 61.5 Å². The highest BCUT2D eigenvalue weighted by atomic mass is 16.5. The summed E-state index contributed by atoms with van der Waals surface area (Å²) in [4.78, 5) is 4.27. The molecule has 0 radical (unpaired) electrons. The number of hydrogen-bond acceptors (Lipinski definition) is 2. The molecule has 0 unspecified atom stereocenters. The number of hydrogen-bond donors (Lipinski definition) is 3. The Morgan fingerprint density at radius 2 is 1.74 bits per heavy atom. The Hall–Kier alpha value is -2.33. The summed E-state index contributed by atoms with van der Waals surface area (Å²) in [5.41, 5.74) is 5.22. The van der Waals surface area contributed by atoms with E-state index in [1.165, 1.54) is 5.56 Å². The summed E-state index contributed by atoms with van der Waals surface area (Å²) in [5.74, 6) is 0.327. The topological polar surface area (TPSA) is 56.7 Å². The average Bonchev–Trinajstić information content (AvgIpc) is 2.46. The normalized spacial score (nSPS) is 11.2. The van der Waals surface area contributed by atoms with E-state index in [9.17, 15) is 0 Å². The third-order valence-corrected chi connectivity index (χ3v) is 2.68. The van der Waals surface area contributed by atoms with Crippen LogP contribution in [0.15, 0.2) is 59.6 Å². The molecule has 0 saturated carbocycles. The fraction of sp³-hybridized carbons (Fsp3) is 0.133. The van der Waals surface area contributed by atoms with Crippen molar-refractivity contribution in [1.82, 2.24) is 5.48 Å². The number of aryl methyl sites for hydroxylation is 1. The van der Waals surface area contributed by atoms with E-state index in [1.54, 1.807) is 0 Å². The van der Waals surface area contributed by atoms with Crippen LogP contribution in [0, 0.1) is 6.92 Å². The number of nitrogens with one attached hydrogen (secondary N) is 2. The van der Waals surface area contributed by atoms with Crippen molar-refractivity contribution in [3.8, 4) is 0 Å². The Balaban J connectivity index is 2.01. The van der Waals surface area contributed by atoms with Gasteiger partial charge in [0.1, 0.15) is 0 Å². The van der Waals surface area contributed by atoms with Gasteiger partial charge in [0, 0.05) is 5.69 Å². The molecule has 0 aliphatic heterocycles. The van der Waals surface area contributed by atoms with Gasteiger partial charge in [-0.1, -0.05) is 48.0 Å². The number of aliphatic imine (C=N–C) groups is 1. The van der Waals surface area contributed by atoms with Crippen molar-refractivity contribution >= 4 is 11.6 Å². The predicted octanol–water partition coefficient (Wildman–Crippen LogP) is 2.94. The zero-order valence-corrected chi connectivity index (χ0v) is 10.8. The minimum Gasteiger partial charge on any atom is -0.325 e. The number of guanidine groups is 1. The van der Waals surface area contributed by atoms with Crippen LogP contribution in [0.25, 0.3) is 0 Å². The first kappa shape index (κ1) is 13.1. The highest BCUT2D eigenvalue weighted by Crippen LogP contribution is 2.08. The van der Waals surface area contributed by atoms with Gasteiger partial charge in [0.05, 0.1) is 6.54 Å². The molecular formula is C15H17N3O. The standard InChI is InChI=1S/C15H17N3O/c1-12-7-9-14(10-8-12)17-15(18-19)16-11-13-5-3-2-4-6-13/h2-10,19H,11H2,1H3,(H2,16,17,18). The van der Waals surface area contributed by atoms with Gasteiger partial charge in [-0.3, -0.25) is 5.21 Å². The molecule has 0 atom stereocenters. The van der Waals surface area contributed by atoms with Gasteiger partial charge in [-0.25, -0.2) is 10.5 Å². The highest BCUT2D eigenvalue weighted by molar-refractivity contribution is 5.92. The lowest BCUT2D eigenvalue weighted by atomic mass is 10.2. The molecule has 4 nitrogen and oxygen atoms in total. The smallest absolute Gasteiger partial charge is 0.220 e. The molecule has 0 bridgehead atoms. The lowest BCUT2D eigenvalue weighted by Crippen LogP contribution is -2.27. The average molecular weight is 255 g/mol. The minimum absolute atomic E-state index is 0.327. The minimum atomic E-state index is 0.327. The van der Waals surface area contributed by atoms with E-state index in [2.05, 4.69) is 15.8 Å². The second-order valence-electron chi connectivity index (χ2n) is 4.25. The van der Waals surface area contributed by atoms with E-state index < -0.39 is 0 Å². The van der Waals surface area contributed by atoms with Crippen LogP contribution in [0.1, 0.15) is 11.1 Å². The van der Waals surface area contributed by atoms with Gasteiger partial charge in [0.2, 0.25) is 5.96 Å². The second kappa shape index (κ2) is 6.56. The Morgan fingerprint density at radius 1 is 1.05 bits per heavy atom. The molecule has 0 aliphatic carbocycles. The first-order valence-electron chi connectivity index (χ1n) is 6.10. The molecule has 4 heteroatoms. The lowest BCUT2D eigenvalue weighted by Gasteiger charge is -2.08. The third kappa shape index (κ3) is 4.12. The van der Waals surface area contributed by atoms with Crippen molar-refractivity contribution in [2.24, 2.45) is 4.99 Å². The molecule has 0 fully saturated rings. The molecule has 98 valence electrons. The molecule has 2 rings (SSSR count). The van der Waals surface area contributed by atoms with Gasteiger partial charge in [-0.15, -0.1) is 0 Å². The van der Waals surface area contributed by atoms with Crippen molar-refractivity contribution in [2.45, 2.75) is 13.5 Å². The lowest BCUT2D eigenvalue weighted by molar-refractivity contribution is 0.234. The number of benzene rings is 2. The third-order valence-electron chi connectivity index (χ3n) is 2.68. The SMILES string of the molecule is Cc1ccc(NC(=NCc2ccccc2)NO)cc1. The van der Waals surface area contributed by atoms with E-state index in [4.69, 9.17) is 5.21 Å². The van der Waals surface area contributed by atoms with E-state index in [-0.39, 0.29) is 0 Å². The van der Waals surface area contributed by atoms with Crippen LogP contribution in [-0.2, 0) is 6.54 Å². The largest absolute Gasteiger partial charge is 0.325 e. The van der Waals surface area contributed by atoms with Gasteiger partial charge < -0.3 is 5.32 Å². The van der Waals surface area contributed by atoms with Crippen molar-refractivity contribution in [1.29, 1.82) is 0 Å². The summed E-state index contributed by atoms with van der Waals surface area (Å²) in [6.45, 7) is 2.53. The van der Waals surface area contributed by atoms with Crippen molar-refractivity contribution in [2.75, 3.05) is 5.32 Å². The summed E-state index contributed by atoms with van der Waals surface area (Å²) in [6.07, 6.45) is 0. The maximum Gasteiger partial charge on any atom is 0.220 e. The molecule has 2 aromatic carbocycles. The fourth-order valence-electron chi connectivity index (χ4n) is 1.63. The molecule has 0 aromatic heterocycles. The Bertz CT molecular complexity index is 535. The number of anilines is 1.